The van der Waals surface area contributed by atoms with Crippen LogP contribution >= 0.6 is 0 Å². The number of alkyl halides is 4. The highest BCUT2D eigenvalue weighted by atomic mass is 19.3. The Bertz CT molecular complexity index is 220. The maximum Gasteiger partial charge on any atom is 0.330 e. The van der Waals surface area contributed by atoms with E-state index in [2.05, 4.69) is 10.2 Å². The van der Waals surface area contributed by atoms with Crippen LogP contribution in [0.4, 0.5) is 17.6 Å². The summed E-state index contributed by atoms with van der Waals surface area (Å²) in [7, 11) is 1.54. The van der Waals surface area contributed by atoms with Crippen LogP contribution in [-0.4, -0.2) is 45.3 Å². The van der Waals surface area contributed by atoms with Gasteiger partial charge in [0.25, 0.3) is 0 Å². The van der Waals surface area contributed by atoms with E-state index in [0.717, 1.165) is 0 Å². The zero-order valence-corrected chi connectivity index (χ0v) is 10.5. The van der Waals surface area contributed by atoms with Crippen LogP contribution in [0.2, 0.25) is 0 Å². The fourth-order valence-corrected chi connectivity index (χ4v) is 1.27. The Kier molecular flexibility index (Phi) is 8.41. The first-order chi connectivity index (χ1) is 8.35. The van der Waals surface area contributed by atoms with Gasteiger partial charge in [-0.3, -0.25) is 11.3 Å². The Morgan fingerprint density at radius 3 is 2.39 bits per heavy atom. The highest BCUT2D eigenvalue weighted by Gasteiger charge is 2.41. The summed E-state index contributed by atoms with van der Waals surface area (Å²) < 4.78 is 58.3. The van der Waals surface area contributed by atoms with E-state index in [-0.39, 0.29) is 12.5 Å². The lowest BCUT2D eigenvalue weighted by Crippen LogP contribution is -2.45. The summed E-state index contributed by atoms with van der Waals surface area (Å²) in [6, 6.07) is -0.395. The van der Waals surface area contributed by atoms with Crippen molar-refractivity contribution in [2.24, 2.45) is 11.8 Å². The van der Waals surface area contributed by atoms with Crippen LogP contribution in [0.5, 0.6) is 0 Å². The predicted octanol–water partition coefficient (Wildman–Crippen LogP) is 1.41. The minimum atomic E-state index is -4.13. The molecule has 110 valence electrons. The van der Waals surface area contributed by atoms with E-state index < -0.39 is 25.0 Å². The predicted molar refractivity (Wildman–Crippen MR) is 58.5 cm³/mol. The molecule has 0 fully saturated rings. The smallest absolute Gasteiger partial charge is 0.330 e. The van der Waals surface area contributed by atoms with Gasteiger partial charge < -0.3 is 9.47 Å². The molecule has 2 atom stereocenters. The average Bonchev–Trinajstić information content (AvgIpc) is 2.31. The largest absolute Gasteiger partial charge is 0.385 e. The van der Waals surface area contributed by atoms with Crippen molar-refractivity contribution in [2.45, 2.75) is 31.7 Å². The Morgan fingerprint density at radius 2 is 1.94 bits per heavy atom. The second kappa shape index (κ2) is 8.63. The molecular weight excluding hydrogens is 256 g/mol. The number of methoxy groups -OCH3 is 1. The third kappa shape index (κ3) is 6.48. The molecule has 3 N–H and O–H groups in total. The number of nitrogens with two attached hydrogens (primary N) is 1. The standard InChI is InChI=1S/C10H20F4N2O2/c1-7(3-4-17-2)8(16-15)5-18-6-10(13,14)9(11)12/h7-9,16H,3-6,15H2,1-2H3. The second-order valence-electron chi connectivity index (χ2n) is 4.11. The van der Waals surface area contributed by atoms with E-state index in [9.17, 15) is 17.6 Å². The minimum absolute atomic E-state index is 0.00937. The van der Waals surface area contributed by atoms with Gasteiger partial charge in [-0.25, -0.2) is 8.78 Å². The first-order valence-corrected chi connectivity index (χ1v) is 5.54. The topological polar surface area (TPSA) is 56.5 Å². The molecule has 2 unspecified atom stereocenters. The summed E-state index contributed by atoms with van der Waals surface area (Å²) in [5, 5.41) is 0. The Hall–Kier alpha value is -0.440. The highest BCUT2D eigenvalue weighted by Crippen LogP contribution is 2.23. The Labute approximate surface area is 104 Å². The van der Waals surface area contributed by atoms with Crippen LogP contribution in [0.1, 0.15) is 13.3 Å². The number of ether oxygens (including phenoxy) is 2. The Balaban J connectivity index is 4.00. The number of hydrogen-bond donors (Lipinski definition) is 2. The lowest BCUT2D eigenvalue weighted by Gasteiger charge is -2.24. The zero-order chi connectivity index (χ0) is 14.2. The first kappa shape index (κ1) is 17.6. The molecule has 0 bridgehead atoms. The third-order valence-electron chi connectivity index (χ3n) is 2.59. The normalized spacial score (nSPS) is 16.0. The molecule has 0 aromatic rings. The van der Waals surface area contributed by atoms with E-state index in [1.165, 1.54) is 7.11 Å². The monoisotopic (exact) mass is 276 g/mol. The maximum atomic E-state index is 12.6. The molecule has 8 heteroatoms. The molecule has 0 spiro atoms. The quantitative estimate of drug-likeness (QED) is 0.360. The summed E-state index contributed by atoms with van der Waals surface area (Å²) in [5.41, 5.74) is 2.41. The van der Waals surface area contributed by atoms with Gasteiger partial charge in [-0.15, -0.1) is 0 Å². The molecule has 18 heavy (non-hydrogen) atoms. The van der Waals surface area contributed by atoms with Crippen molar-refractivity contribution in [3.63, 3.8) is 0 Å². The van der Waals surface area contributed by atoms with E-state index >= 15 is 0 Å². The van der Waals surface area contributed by atoms with Crippen molar-refractivity contribution in [3.8, 4) is 0 Å². The lowest BCUT2D eigenvalue weighted by molar-refractivity contribution is -0.167. The molecule has 0 aromatic heterocycles. The fourth-order valence-electron chi connectivity index (χ4n) is 1.27. The van der Waals surface area contributed by atoms with E-state index in [4.69, 9.17) is 10.6 Å². The molecule has 0 rings (SSSR count). The van der Waals surface area contributed by atoms with Crippen molar-refractivity contribution in [3.05, 3.63) is 0 Å². The SMILES string of the molecule is COCCC(C)C(COCC(F)(F)C(F)F)NN. The molecule has 0 radical (unpaired) electrons. The van der Waals surface area contributed by atoms with Gasteiger partial charge in [0, 0.05) is 19.8 Å². The number of halogens is 4. The molecule has 4 nitrogen and oxygen atoms in total. The fraction of sp³-hybridized carbons (Fsp3) is 1.00. The molecule has 0 amide bonds. The zero-order valence-electron chi connectivity index (χ0n) is 10.5. The molecule has 0 heterocycles. The lowest BCUT2D eigenvalue weighted by atomic mass is 10.00. The van der Waals surface area contributed by atoms with Gasteiger partial charge in [-0.1, -0.05) is 6.92 Å². The number of hydrogen-bond acceptors (Lipinski definition) is 4. The van der Waals surface area contributed by atoms with E-state index in [1.807, 2.05) is 6.92 Å². The molecule has 0 saturated heterocycles. The highest BCUT2D eigenvalue weighted by molar-refractivity contribution is 4.73. The average molecular weight is 276 g/mol. The van der Waals surface area contributed by atoms with Gasteiger partial charge in [-0.2, -0.15) is 8.78 Å². The maximum absolute atomic E-state index is 12.6. The molecule has 0 aliphatic carbocycles. The molecule has 0 saturated carbocycles. The van der Waals surface area contributed by atoms with Crippen LogP contribution in [-0.2, 0) is 9.47 Å². The summed E-state index contributed by atoms with van der Waals surface area (Å²) in [6.07, 6.45) is -3.08. The van der Waals surface area contributed by atoms with Crippen molar-refractivity contribution in [2.75, 3.05) is 26.9 Å². The van der Waals surface area contributed by atoms with Crippen LogP contribution in [0.3, 0.4) is 0 Å². The van der Waals surface area contributed by atoms with E-state index in [0.29, 0.717) is 13.0 Å². The summed E-state index contributed by atoms with van der Waals surface area (Å²) in [5.74, 6) is 1.13. The Morgan fingerprint density at radius 1 is 1.33 bits per heavy atom. The van der Waals surface area contributed by atoms with Gasteiger partial charge in [0.1, 0.15) is 6.61 Å². The molecular formula is C10H20F4N2O2. The molecule has 0 aliphatic heterocycles. The summed E-state index contributed by atoms with van der Waals surface area (Å²) in [6.45, 7) is 0.842. The number of nitrogens with one attached hydrogen (secondary N) is 1. The van der Waals surface area contributed by atoms with Gasteiger partial charge in [0.15, 0.2) is 0 Å². The third-order valence-corrected chi connectivity index (χ3v) is 2.59. The van der Waals surface area contributed by atoms with Crippen LogP contribution in [0.25, 0.3) is 0 Å². The van der Waals surface area contributed by atoms with E-state index in [1.54, 1.807) is 0 Å². The summed E-state index contributed by atoms with van der Waals surface area (Å²) >= 11 is 0. The molecule has 0 aromatic carbocycles. The van der Waals surface area contributed by atoms with Gasteiger partial charge >= 0.3 is 12.3 Å². The van der Waals surface area contributed by atoms with Gasteiger partial charge in [0.05, 0.1) is 6.61 Å². The molecule has 0 aliphatic rings. The number of rotatable bonds is 10. The van der Waals surface area contributed by atoms with Crippen molar-refractivity contribution in [1.82, 2.24) is 5.43 Å². The first-order valence-electron chi connectivity index (χ1n) is 5.54. The summed E-state index contributed by atoms with van der Waals surface area (Å²) in [4.78, 5) is 0. The minimum Gasteiger partial charge on any atom is -0.385 e. The van der Waals surface area contributed by atoms with Crippen molar-refractivity contribution < 1.29 is 27.0 Å². The van der Waals surface area contributed by atoms with Crippen LogP contribution in [0, 0.1) is 5.92 Å². The van der Waals surface area contributed by atoms with Gasteiger partial charge in [-0.05, 0) is 12.3 Å². The van der Waals surface area contributed by atoms with Crippen molar-refractivity contribution in [1.29, 1.82) is 0 Å². The van der Waals surface area contributed by atoms with Crippen LogP contribution < -0.4 is 11.3 Å². The van der Waals surface area contributed by atoms with Crippen molar-refractivity contribution >= 4 is 0 Å². The number of hydrazine groups is 1. The second-order valence-corrected chi connectivity index (χ2v) is 4.11. The van der Waals surface area contributed by atoms with Gasteiger partial charge in [0.2, 0.25) is 0 Å². The van der Waals surface area contributed by atoms with Crippen LogP contribution in [0.15, 0.2) is 0 Å².